The van der Waals surface area contributed by atoms with Gasteiger partial charge in [-0.05, 0) is 6.07 Å². The normalized spacial score (nSPS) is 21.4. The van der Waals surface area contributed by atoms with Crippen LogP contribution in [0.1, 0.15) is 5.56 Å². The molecule has 0 spiro atoms. The topological polar surface area (TPSA) is 69.6 Å². The van der Waals surface area contributed by atoms with Gasteiger partial charge in [-0.3, -0.25) is 4.79 Å². The average Bonchev–Trinajstić information content (AvgIpc) is 2.07. The van der Waals surface area contributed by atoms with Gasteiger partial charge in [0.15, 0.2) is 6.04 Å². The van der Waals surface area contributed by atoms with Crippen LogP contribution in [0.25, 0.3) is 0 Å². The van der Waals surface area contributed by atoms with Gasteiger partial charge in [0, 0.05) is 18.2 Å². The third-order valence-corrected chi connectivity index (χ3v) is 1.97. The fourth-order valence-electron chi connectivity index (χ4n) is 1.29. The van der Waals surface area contributed by atoms with Crippen LogP contribution in [0.3, 0.4) is 0 Å². The molecule has 1 unspecified atom stereocenters. The lowest BCUT2D eigenvalue weighted by Crippen LogP contribution is -2.68. The molecule has 1 amide bonds. The van der Waals surface area contributed by atoms with Crippen molar-refractivity contribution < 1.29 is 10.5 Å². The van der Waals surface area contributed by atoms with Crippen molar-refractivity contribution in [1.29, 1.82) is 0 Å². The Hall–Kier alpha value is -1.42. The van der Waals surface area contributed by atoms with Crippen LogP contribution in [0.5, 0.6) is 0 Å². The summed E-state index contributed by atoms with van der Waals surface area (Å²) in [5.41, 5.74) is 4.80. The smallest absolute Gasteiger partial charge is 0.284 e. The van der Waals surface area contributed by atoms with E-state index in [4.69, 9.17) is 0 Å². The molecule has 1 aromatic rings. The zero-order chi connectivity index (χ0) is 8.55. The molecule has 0 aliphatic carbocycles. The molecule has 0 aromatic carbocycles. The molecule has 2 heterocycles. The van der Waals surface area contributed by atoms with E-state index in [1.54, 1.807) is 6.20 Å². The van der Waals surface area contributed by atoms with Crippen molar-refractivity contribution in [3.8, 4) is 0 Å². The lowest BCUT2D eigenvalue weighted by molar-refractivity contribution is -0.402. The highest BCUT2D eigenvalue weighted by molar-refractivity contribution is 5.95. The predicted octanol–water partition coefficient (Wildman–Crippen LogP) is -0.813. The summed E-state index contributed by atoms with van der Waals surface area (Å²) in [5, 5.41) is 2.70. The minimum atomic E-state index is -0.179. The predicted molar refractivity (Wildman–Crippen MR) is 43.2 cm³/mol. The van der Waals surface area contributed by atoms with E-state index in [2.05, 4.69) is 16.0 Å². The van der Waals surface area contributed by atoms with Gasteiger partial charge in [-0.25, -0.2) is 4.98 Å². The number of carbonyl (C=O) groups is 1. The third-order valence-electron chi connectivity index (χ3n) is 1.97. The molecule has 1 aliphatic heterocycles. The van der Waals surface area contributed by atoms with Crippen LogP contribution in [-0.4, -0.2) is 16.9 Å². The number of anilines is 1. The van der Waals surface area contributed by atoms with E-state index in [1.807, 2.05) is 12.1 Å². The van der Waals surface area contributed by atoms with E-state index in [-0.39, 0.29) is 11.9 Å². The molecule has 1 aliphatic rings. The molecule has 1 aromatic heterocycles. The Morgan fingerprint density at radius 3 is 3.33 bits per heavy atom. The molecule has 0 fully saturated rings. The van der Waals surface area contributed by atoms with Gasteiger partial charge in [0.1, 0.15) is 5.82 Å². The minimum Gasteiger partial charge on any atom is -0.347 e. The first-order valence-corrected chi connectivity index (χ1v) is 3.85. The zero-order valence-electron chi connectivity index (χ0n) is 6.58. The number of pyridine rings is 1. The highest BCUT2D eigenvalue weighted by Crippen LogP contribution is 2.17. The number of rotatable bonds is 0. The molecule has 4 heteroatoms. The second-order valence-corrected chi connectivity index (χ2v) is 2.90. The van der Waals surface area contributed by atoms with Crippen molar-refractivity contribution >= 4 is 11.7 Å². The van der Waals surface area contributed by atoms with Crippen LogP contribution in [0.4, 0.5) is 5.82 Å². The molecule has 0 saturated carbocycles. The van der Waals surface area contributed by atoms with Crippen LogP contribution in [0.2, 0.25) is 0 Å². The fourth-order valence-corrected chi connectivity index (χ4v) is 1.29. The summed E-state index contributed by atoms with van der Waals surface area (Å²) in [7, 11) is 0. The van der Waals surface area contributed by atoms with Gasteiger partial charge in [-0.15, -0.1) is 0 Å². The first-order chi connectivity index (χ1) is 5.77. The molecule has 0 bridgehead atoms. The first kappa shape index (κ1) is 7.24. The van der Waals surface area contributed by atoms with Crippen LogP contribution >= 0.6 is 0 Å². The van der Waals surface area contributed by atoms with Crippen LogP contribution in [0.15, 0.2) is 18.3 Å². The fraction of sp³-hybridized carbons (Fsp3) is 0.250. The van der Waals surface area contributed by atoms with Crippen molar-refractivity contribution in [2.45, 2.75) is 12.5 Å². The Bertz CT molecular complexity index is 324. The first-order valence-electron chi connectivity index (χ1n) is 3.85. The number of nitrogens with zero attached hydrogens (tertiary/aromatic N) is 1. The van der Waals surface area contributed by atoms with E-state index in [1.165, 1.54) is 0 Å². The highest BCUT2D eigenvalue weighted by Gasteiger charge is 2.25. The molecule has 4 nitrogen and oxygen atoms in total. The van der Waals surface area contributed by atoms with Crippen molar-refractivity contribution in [3.63, 3.8) is 0 Å². The van der Waals surface area contributed by atoms with Crippen molar-refractivity contribution in [2.24, 2.45) is 0 Å². The maximum Gasteiger partial charge on any atom is 0.284 e. The van der Waals surface area contributed by atoms with Crippen LogP contribution in [-0.2, 0) is 11.2 Å². The summed E-state index contributed by atoms with van der Waals surface area (Å²) in [6, 6.07) is 3.64. The molecular formula is C8H10N3O+. The maximum absolute atomic E-state index is 11.1. The number of nitrogens with one attached hydrogen (secondary N) is 1. The molecule has 2 rings (SSSR count). The molecular weight excluding hydrogens is 154 g/mol. The van der Waals surface area contributed by atoms with E-state index in [0.29, 0.717) is 12.2 Å². The maximum atomic E-state index is 11.1. The number of carbonyl (C=O) groups excluding carboxylic acids is 1. The standard InChI is InChI=1S/C8H9N3O/c9-6-4-5-2-1-3-10-7(5)11-8(6)12/h1-3,6H,4,9H2,(H,10,11,12)/p+1. The minimum absolute atomic E-state index is 0.0406. The van der Waals surface area contributed by atoms with Crippen molar-refractivity contribution in [3.05, 3.63) is 23.9 Å². The number of hydrogen-bond donors (Lipinski definition) is 2. The highest BCUT2D eigenvalue weighted by atomic mass is 16.2. The van der Waals surface area contributed by atoms with Gasteiger partial charge in [0.25, 0.3) is 5.91 Å². The second kappa shape index (κ2) is 2.57. The molecule has 1 atom stereocenters. The van der Waals surface area contributed by atoms with E-state index in [0.717, 1.165) is 5.56 Å². The van der Waals surface area contributed by atoms with Crippen LogP contribution < -0.4 is 11.1 Å². The number of quaternary nitrogens is 1. The summed E-state index contributed by atoms with van der Waals surface area (Å²) in [5.74, 6) is 0.642. The van der Waals surface area contributed by atoms with Crippen molar-refractivity contribution in [2.75, 3.05) is 5.32 Å². The number of hydrogen-bond acceptors (Lipinski definition) is 2. The summed E-state index contributed by atoms with van der Waals surface area (Å²) in [4.78, 5) is 15.2. The summed E-state index contributed by atoms with van der Waals surface area (Å²) >= 11 is 0. The van der Waals surface area contributed by atoms with Gasteiger partial charge in [-0.2, -0.15) is 0 Å². The summed E-state index contributed by atoms with van der Waals surface area (Å²) < 4.78 is 0. The Balaban J connectivity index is 2.40. The second-order valence-electron chi connectivity index (χ2n) is 2.90. The monoisotopic (exact) mass is 164 g/mol. The summed E-state index contributed by atoms with van der Waals surface area (Å²) in [6.45, 7) is 0. The summed E-state index contributed by atoms with van der Waals surface area (Å²) in [6.07, 6.45) is 2.36. The lowest BCUT2D eigenvalue weighted by Gasteiger charge is -2.17. The zero-order valence-corrected chi connectivity index (χ0v) is 6.58. The number of aromatic nitrogens is 1. The van der Waals surface area contributed by atoms with Crippen molar-refractivity contribution in [1.82, 2.24) is 4.98 Å². The average molecular weight is 164 g/mol. The molecule has 4 N–H and O–H groups in total. The van der Waals surface area contributed by atoms with Gasteiger partial charge < -0.3 is 11.1 Å². The lowest BCUT2D eigenvalue weighted by atomic mass is 10.0. The molecule has 12 heavy (non-hydrogen) atoms. The Morgan fingerprint density at radius 1 is 1.67 bits per heavy atom. The Morgan fingerprint density at radius 2 is 2.50 bits per heavy atom. The van der Waals surface area contributed by atoms with Crippen LogP contribution in [0, 0.1) is 0 Å². The SMILES string of the molecule is [NH3+]C1Cc2cccnc2NC1=O. The quantitative estimate of drug-likeness (QED) is 0.526. The third kappa shape index (κ3) is 1.06. The van der Waals surface area contributed by atoms with Gasteiger partial charge in [0.2, 0.25) is 0 Å². The van der Waals surface area contributed by atoms with E-state index in [9.17, 15) is 4.79 Å². The van der Waals surface area contributed by atoms with E-state index >= 15 is 0 Å². The Kier molecular flexibility index (Phi) is 1.55. The molecule has 62 valence electrons. The number of fused-ring (bicyclic) bond motifs is 1. The van der Waals surface area contributed by atoms with E-state index < -0.39 is 0 Å². The molecule has 0 saturated heterocycles. The van der Waals surface area contributed by atoms with Gasteiger partial charge in [0.05, 0.1) is 0 Å². The van der Waals surface area contributed by atoms with Gasteiger partial charge in [-0.1, -0.05) is 6.07 Å². The largest absolute Gasteiger partial charge is 0.347 e. The van der Waals surface area contributed by atoms with Gasteiger partial charge >= 0.3 is 0 Å². The Labute approximate surface area is 69.8 Å². The molecule has 0 radical (unpaired) electrons. The number of amides is 1.